The van der Waals surface area contributed by atoms with Crippen molar-refractivity contribution in [1.29, 1.82) is 0 Å². The molecule has 2 amide bonds. The van der Waals surface area contributed by atoms with Crippen LogP contribution in [0.15, 0.2) is 30.5 Å². The topological polar surface area (TPSA) is 66.0 Å². The molecule has 4 rings (SSSR count). The molecule has 2 aromatic rings. The molecule has 2 fully saturated rings. The zero-order valence-electron chi connectivity index (χ0n) is 23.8. The second-order valence-corrected chi connectivity index (χ2v) is 10.7. The first kappa shape index (κ1) is 33.2. The number of benzene rings is 1. The van der Waals surface area contributed by atoms with Gasteiger partial charge in [-0.25, -0.2) is 9.78 Å². The molecule has 0 unspecified atom stereocenters. The summed E-state index contributed by atoms with van der Waals surface area (Å²) in [7, 11) is 0. The normalized spacial score (nSPS) is 20.2. The summed E-state index contributed by atoms with van der Waals surface area (Å²) in [5.41, 5.74) is -4.90. The Labute approximate surface area is 246 Å². The maximum Gasteiger partial charge on any atom is 0.417 e. The second kappa shape index (κ2) is 12.0. The Balaban J connectivity index is 1.69. The van der Waals surface area contributed by atoms with Gasteiger partial charge in [0.15, 0.2) is 0 Å². The number of halogens is 9. The molecule has 0 N–H and O–H groups in total. The highest BCUT2D eigenvalue weighted by Gasteiger charge is 2.44. The minimum absolute atomic E-state index is 0.0415. The fourth-order valence-corrected chi connectivity index (χ4v) is 5.59. The smallest absolute Gasteiger partial charge is 0.417 e. The number of pyridine rings is 1. The first-order chi connectivity index (χ1) is 20.3. The Morgan fingerprint density at radius 1 is 0.932 bits per heavy atom. The maximum atomic E-state index is 13.7. The molecule has 2 aliphatic rings. The van der Waals surface area contributed by atoms with Crippen molar-refractivity contribution in [3.8, 4) is 0 Å². The number of anilines is 1. The Morgan fingerprint density at radius 2 is 1.48 bits per heavy atom. The van der Waals surface area contributed by atoms with Crippen LogP contribution >= 0.6 is 0 Å². The fourth-order valence-electron chi connectivity index (χ4n) is 5.59. The van der Waals surface area contributed by atoms with E-state index in [-0.39, 0.29) is 29.4 Å². The molecule has 0 radical (unpaired) electrons. The van der Waals surface area contributed by atoms with Gasteiger partial charge in [0.05, 0.1) is 29.3 Å². The number of amides is 2. The Bertz CT molecular complexity index is 1350. The second-order valence-electron chi connectivity index (χ2n) is 10.7. The number of hydrogen-bond donors (Lipinski definition) is 0. The molecule has 1 aromatic heterocycles. The molecular weight excluding hydrogens is 611 g/mol. The molecule has 242 valence electrons. The molecule has 3 heterocycles. The molecule has 0 bridgehead atoms. The number of cyclic esters (lactones) is 1. The highest BCUT2D eigenvalue weighted by molar-refractivity contribution is 5.73. The lowest BCUT2D eigenvalue weighted by molar-refractivity contribution is -0.143. The Hall–Kier alpha value is -3.72. The maximum absolute atomic E-state index is 13.7. The molecule has 1 aromatic carbocycles. The summed E-state index contributed by atoms with van der Waals surface area (Å²) >= 11 is 0. The predicted octanol–water partition coefficient (Wildman–Crippen LogP) is 7.06. The van der Waals surface area contributed by atoms with E-state index in [4.69, 9.17) is 4.74 Å². The van der Waals surface area contributed by atoms with Crippen LogP contribution in [0.5, 0.6) is 0 Å². The number of likely N-dealkylation sites (tertiary alicyclic amines) is 1. The summed E-state index contributed by atoms with van der Waals surface area (Å²) in [6.45, 7) is 5.13. The van der Waals surface area contributed by atoms with Crippen molar-refractivity contribution in [2.75, 3.05) is 24.5 Å². The number of nitrogens with zero attached hydrogens (tertiary/aromatic N) is 4. The zero-order chi connectivity index (χ0) is 32.8. The third-order valence-electron chi connectivity index (χ3n) is 7.90. The highest BCUT2D eigenvalue weighted by Crippen LogP contribution is 2.42. The van der Waals surface area contributed by atoms with E-state index < -0.39 is 65.6 Å². The largest absolute Gasteiger partial charge is 0.439 e. The quantitative estimate of drug-likeness (QED) is 0.317. The molecular formula is C28H29F9N4O3. The summed E-state index contributed by atoms with van der Waals surface area (Å²) in [4.78, 5) is 33.1. The van der Waals surface area contributed by atoms with Gasteiger partial charge in [-0.1, -0.05) is 0 Å². The van der Waals surface area contributed by atoms with Crippen molar-refractivity contribution < 1.29 is 53.8 Å². The van der Waals surface area contributed by atoms with Crippen molar-refractivity contribution in [2.24, 2.45) is 0 Å². The minimum atomic E-state index is -5.13. The van der Waals surface area contributed by atoms with E-state index in [0.717, 1.165) is 11.0 Å². The van der Waals surface area contributed by atoms with E-state index in [9.17, 15) is 49.1 Å². The van der Waals surface area contributed by atoms with Gasteiger partial charge in [0.25, 0.3) is 0 Å². The third kappa shape index (κ3) is 6.98. The SMILES string of the molecule is CCN(c1ncc(C(F)(F)F)cc1CN1C(=O)O[C@H](c2cc(C(F)(F)F)cc(C(F)(F)F)c2)[C@@H]1C)C1CCN(C(C)=O)CC1. The average molecular weight is 641 g/mol. The van der Waals surface area contributed by atoms with Gasteiger partial charge in [0, 0.05) is 44.4 Å². The van der Waals surface area contributed by atoms with Gasteiger partial charge in [-0.2, -0.15) is 39.5 Å². The van der Waals surface area contributed by atoms with Crippen molar-refractivity contribution in [3.05, 3.63) is 58.3 Å². The van der Waals surface area contributed by atoms with Gasteiger partial charge < -0.3 is 14.5 Å². The number of alkyl halides is 9. The standard InChI is InChI=1S/C28H29F9N4O3/c1-4-40(22-5-7-39(8-6-22)16(3)42)24-18(11-21(13-38-24)28(35,36)37)14-41-15(2)23(44-25(41)43)17-9-19(26(29,30)31)12-20(10-17)27(32,33)34/h9-13,15,22-23H,4-8,14H2,1-3H3/t15-,23-/m0/s1. The van der Waals surface area contributed by atoms with E-state index >= 15 is 0 Å². The van der Waals surface area contributed by atoms with Crippen molar-refractivity contribution in [2.45, 2.75) is 76.9 Å². The predicted molar refractivity (Wildman–Crippen MR) is 138 cm³/mol. The van der Waals surface area contributed by atoms with Crippen LogP contribution in [-0.4, -0.2) is 58.5 Å². The molecule has 2 saturated heterocycles. The Morgan fingerprint density at radius 3 is 1.95 bits per heavy atom. The van der Waals surface area contributed by atoms with Crippen LogP contribution in [0.25, 0.3) is 0 Å². The van der Waals surface area contributed by atoms with Crippen molar-refractivity contribution in [3.63, 3.8) is 0 Å². The number of rotatable bonds is 6. The minimum Gasteiger partial charge on any atom is -0.439 e. The van der Waals surface area contributed by atoms with Gasteiger partial charge in [-0.15, -0.1) is 0 Å². The molecule has 7 nitrogen and oxygen atoms in total. The molecule has 44 heavy (non-hydrogen) atoms. The summed E-state index contributed by atoms with van der Waals surface area (Å²) < 4.78 is 127. The first-order valence-corrected chi connectivity index (χ1v) is 13.7. The molecule has 2 atom stereocenters. The van der Waals surface area contributed by atoms with Crippen molar-refractivity contribution >= 4 is 17.8 Å². The van der Waals surface area contributed by atoms with E-state index in [1.807, 2.05) is 0 Å². The number of aromatic nitrogens is 1. The van der Waals surface area contributed by atoms with Crippen molar-refractivity contribution in [1.82, 2.24) is 14.8 Å². The number of carbonyl (C=O) groups excluding carboxylic acids is 2. The fraction of sp³-hybridized carbons (Fsp3) is 0.536. The Kier molecular flexibility index (Phi) is 9.04. The lowest BCUT2D eigenvalue weighted by atomic mass is 9.97. The van der Waals surface area contributed by atoms with E-state index in [1.165, 1.54) is 13.8 Å². The first-order valence-electron chi connectivity index (χ1n) is 13.7. The molecule has 0 spiro atoms. The third-order valence-corrected chi connectivity index (χ3v) is 7.90. The number of piperidine rings is 1. The van der Waals surface area contributed by atoms with Crippen LogP contribution in [0.4, 0.5) is 50.1 Å². The van der Waals surface area contributed by atoms with E-state index in [2.05, 4.69) is 4.98 Å². The van der Waals surface area contributed by atoms with Crippen LogP contribution < -0.4 is 4.90 Å². The van der Waals surface area contributed by atoms with E-state index in [1.54, 1.807) is 16.7 Å². The van der Waals surface area contributed by atoms with Gasteiger partial charge in [-0.05, 0) is 56.5 Å². The van der Waals surface area contributed by atoms with Crippen LogP contribution in [-0.2, 0) is 34.6 Å². The van der Waals surface area contributed by atoms with Crippen LogP contribution in [0.2, 0.25) is 0 Å². The lowest BCUT2D eigenvalue weighted by Gasteiger charge is -2.39. The van der Waals surface area contributed by atoms with Crippen LogP contribution in [0.3, 0.4) is 0 Å². The molecule has 2 aliphatic heterocycles. The van der Waals surface area contributed by atoms with E-state index in [0.29, 0.717) is 50.8 Å². The summed E-state index contributed by atoms with van der Waals surface area (Å²) in [6, 6.07) is 0.301. The number of hydrogen-bond acceptors (Lipinski definition) is 5. The van der Waals surface area contributed by atoms with Gasteiger partial charge in [0.2, 0.25) is 5.91 Å². The van der Waals surface area contributed by atoms with Crippen LogP contribution in [0.1, 0.15) is 67.5 Å². The lowest BCUT2D eigenvalue weighted by Crippen LogP contribution is -2.47. The summed E-state index contributed by atoms with van der Waals surface area (Å²) in [5.74, 6) is 0.0164. The highest BCUT2D eigenvalue weighted by atomic mass is 19.4. The van der Waals surface area contributed by atoms with Gasteiger partial charge >= 0.3 is 24.6 Å². The van der Waals surface area contributed by atoms with Crippen LogP contribution in [0, 0.1) is 0 Å². The van der Waals surface area contributed by atoms with Gasteiger partial charge in [-0.3, -0.25) is 9.69 Å². The molecule has 0 saturated carbocycles. The molecule has 16 heteroatoms. The summed E-state index contributed by atoms with van der Waals surface area (Å²) in [5, 5.41) is 0. The molecule has 0 aliphatic carbocycles. The monoisotopic (exact) mass is 640 g/mol. The number of carbonyl (C=O) groups is 2. The number of ether oxygens (including phenoxy) is 1. The van der Waals surface area contributed by atoms with Gasteiger partial charge in [0.1, 0.15) is 11.9 Å². The summed E-state index contributed by atoms with van der Waals surface area (Å²) in [6.07, 6.45) is -16.1. The average Bonchev–Trinajstić information content (AvgIpc) is 3.21. The zero-order valence-corrected chi connectivity index (χ0v) is 23.8.